The first-order valence-electron chi connectivity index (χ1n) is 12.6. The summed E-state index contributed by atoms with van der Waals surface area (Å²) in [5.41, 5.74) is 6.44. The molecule has 0 bridgehead atoms. The Morgan fingerprint density at radius 1 is 1.03 bits per heavy atom. The molecule has 2 aromatic rings. The van der Waals surface area contributed by atoms with Crippen LogP contribution in [0.4, 0.5) is 5.82 Å². The number of ether oxygens (including phenoxy) is 1. The lowest BCUT2D eigenvalue weighted by Gasteiger charge is -2.24. The van der Waals surface area contributed by atoms with Crippen LogP contribution in [-0.2, 0) is 14.3 Å². The van der Waals surface area contributed by atoms with Crippen molar-refractivity contribution in [3.63, 3.8) is 0 Å². The maximum absolute atomic E-state index is 12.7. The average Bonchev–Trinajstić information content (AvgIpc) is 3.44. The summed E-state index contributed by atoms with van der Waals surface area (Å²) in [6.45, 7) is 6.36. The molecule has 0 saturated carbocycles. The molecule has 0 radical (unpaired) electrons. The highest BCUT2D eigenvalue weighted by Crippen LogP contribution is 2.32. The molecular formula is C22H36N10O5. The third-order valence-electron chi connectivity index (χ3n) is 6.45. The first kappa shape index (κ1) is 27.1. The van der Waals surface area contributed by atoms with Crippen molar-refractivity contribution in [2.24, 2.45) is 0 Å². The predicted octanol–water partition coefficient (Wildman–Crippen LogP) is -3.46. The number of rotatable bonds is 6. The molecule has 2 aliphatic rings. The van der Waals surface area contributed by atoms with E-state index in [0.717, 1.165) is 39.3 Å². The molecule has 37 heavy (non-hydrogen) atoms. The van der Waals surface area contributed by atoms with Gasteiger partial charge in [0.2, 0.25) is 5.91 Å². The number of carbonyl (C=O) groups is 2. The van der Waals surface area contributed by atoms with Gasteiger partial charge in [-0.15, -0.1) is 0 Å². The van der Waals surface area contributed by atoms with Gasteiger partial charge in [-0.3, -0.25) is 14.2 Å². The third-order valence-corrected chi connectivity index (χ3v) is 6.45. The Labute approximate surface area is 214 Å². The van der Waals surface area contributed by atoms with Crippen LogP contribution in [0.3, 0.4) is 0 Å². The van der Waals surface area contributed by atoms with E-state index >= 15 is 0 Å². The van der Waals surface area contributed by atoms with Crippen LogP contribution in [0.1, 0.15) is 19.1 Å². The number of hydrogen-bond donors (Lipinski definition) is 7. The Morgan fingerprint density at radius 2 is 1.70 bits per heavy atom. The van der Waals surface area contributed by atoms with E-state index in [1.54, 1.807) is 0 Å². The summed E-state index contributed by atoms with van der Waals surface area (Å²) >= 11 is 0. The molecular weight excluding hydrogens is 484 g/mol. The summed E-state index contributed by atoms with van der Waals surface area (Å²) in [5, 5.41) is 33.7. The van der Waals surface area contributed by atoms with Gasteiger partial charge in [0.1, 0.15) is 24.1 Å². The lowest BCUT2D eigenvalue weighted by molar-refractivity contribution is -0.138. The molecule has 2 saturated heterocycles. The van der Waals surface area contributed by atoms with Gasteiger partial charge < -0.3 is 46.9 Å². The Hall–Kier alpha value is -2.95. The molecule has 204 valence electrons. The SMILES string of the molecule is Nc1ncnc2c1ncn2[C@@H]1O[C@H](C(=O)NCCCC(=O)N2CCNCCNCCNCC2)[C@@H](O)[C@H]1O. The van der Waals surface area contributed by atoms with Gasteiger partial charge in [0.25, 0.3) is 5.91 Å². The van der Waals surface area contributed by atoms with Gasteiger partial charge in [-0.2, -0.15) is 0 Å². The van der Waals surface area contributed by atoms with Crippen molar-refractivity contribution in [1.82, 2.24) is 45.7 Å². The Morgan fingerprint density at radius 3 is 2.41 bits per heavy atom. The number of nitrogens with zero attached hydrogens (tertiary/aromatic N) is 5. The zero-order chi connectivity index (χ0) is 26.2. The average molecular weight is 521 g/mol. The first-order valence-corrected chi connectivity index (χ1v) is 12.6. The zero-order valence-corrected chi connectivity index (χ0v) is 20.7. The van der Waals surface area contributed by atoms with Crippen molar-refractivity contribution in [3.8, 4) is 0 Å². The molecule has 15 heteroatoms. The number of carbonyl (C=O) groups excluding carboxylic acids is 2. The predicted molar refractivity (Wildman–Crippen MR) is 133 cm³/mol. The van der Waals surface area contributed by atoms with E-state index < -0.39 is 30.4 Å². The number of aliphatic hydroxyl groups is 2. The summed E-state index contributed by atoms with van der Waals surface area (Å²) in [4.78, 5) is 39.4. The monoisotopic (exact) mass is 520 g/mol. The van der Waals surface area contributed by atoms with Gasteiger partial charge in [-0.1, -0.05) is 0 Å². The van der Waals surface area contributed by atoms with Crippen molar-refractivity contribution in [2.75, 3.05) is 64.6 Å². The fourth-order valence-corrected chi connectivity index (χ4v) is 4.39. The minimum absolute atomic E-state index is 0.0221. The summed E-state index contributed by atoms with van der Waals surface area (Å²) in [7, 11) is 0. The molecule has 8 N–H and O–H groups in total. The summed E-state index contributed by atoms with van der Waals surface area (Å²) in [6, 6.07) is 0. The van der Waals surface area contributed by atoms with Crippen molar-refractivity contribution >= 4 is 28.8 Å². The summed E-state index contributed by atoms with van der Waals surface area (Å²) in [5.74, 6) is -0.388. The summed E-state index contributed by atoms with van der Waals surface area (Å²) in [6.07, 6.45) is -1.90. The highest BCUT2D eigenvalue weighted by atomic mass is 16.6. The number of imidazole rings is 1. The number of fused-ring (bicyclic) bond motifs is 1. The normalized spacial score (nSPS) is 25.9. The lowest BCUT2D eigenvalue weighted by atomic mass is 10.1. The molecule has 4 heterocycles. The van der Waals surface area contributed by atoms with Crippen LogP contribution in [0.25, 0.3) is 11.2 Å². The molecule has 0 unspecified atom stereocenters. The minimum atomic E-state index is -1.46. The largest absolute Gasteiger partial charge is 0.387 e. The number of nitrogen functional groups attached to an aromatic ring is 1. The maximum Gasteiger partial charge on any atom is 0.252 e. The highest BCUT2D eigenvalue weighted by molar-refractivity contribution is 5.83. The number of nitrogens with two attached hydrogens (primary N) is 1. The molecule has 4 rings (SSSR count). The molecule has 2 aliphatic heterocycles. The smallest absolute Gasteiger partial charge is 0.252 e. The van der Waals surface area contributed by atoms with Gasteiger partial charge in [0.15, 0.2) is 23.8 Å². The van der Waals surface area contributed by atoms with E-state index in [2.05, 4.69) is 36.2 Å². The number of aromatic nitrogens is 4. The molecule has 2 amide bonds. The molecule has 0 aromatic carbocycles. The number of amides is 2. The van der Waals surface area contributed by atoms with Crippen molar-refractivity contribution in [2.45, 2.75) is 37.4 Å². The van der Waals surface area contributed by atoms with Crippen LogP contribution in [0.5, 0.6) is 0 Å². The maximum atomic E-state index is 12.7. The molecule has 0 spiro atoms. The van der Waals surface area contributed by atoms with Crippen LogP contribution >= 0.6 is 0 Å². The standard InChI is InChI=1S/C22H36N10O5/c23-19-15-20(29-12-28-19)32(13-30-15)22-17(35)16(34)18(37-22)21(36)27-3-1-2-14(33)31-10-8-25-6-4-24-5-7-26-9-11-31/h12-13,16-18,22,24-26,34-35H,1-11H2,(H,27,36)(H2,23,28,29)/t16-,17+,18-,22+/m0/s1. The van der Waals surface area contributed by atoms with Crippen LogP contribution in [-0.4, -0.2) is 124 Å². The topological polar surface area (TPSA) is 205 Å². The van der Waals surface area contributed by atoms with Crippen LogP contribution in [0.15, 0.2) is 12.7 Å². The van der Waals surface area contributed by atoms with E-state index in [9.17, 15) is 19.8 Å². The van der Waals surface area contributed by atoms with Crippen molar-refractivity contribution in [1.29, 1.82) is 0 Å². The molecule has 2 fully saturated rings. The van der Waals surface area contributed by atoms with Gasteiger partial charge in [-0.05, 0) is 6.42 Å². The van der Waals surface area contributed by atoms with E-state index in [4.69, 9.17) is 10.5 Å². The van der Waals surface area contributed by atoms with Crippen molar-refractivity contribution < 1.29 is 24.5 Å². The van der Waals surface area contributed by atoms with E-state index in [0.29, 0.717) is 30.7 Å². The highest BCUT2D eigenvalue weighted by Gasteiger charge is 2.47. The zero-order valence-electron chi connectivity index (χ0n) is 20.7. The Balaban J connectivity index is 1.25. The number of aliphatic hydroxyl groups excluding tert-OH is 2. The second-order valence-electron chi connectivity index (χ2n) is 9.04. The van der Waals surface area contributed by atoms with E-state index in [1.807, 2.05) is 4.90 Å². The Kier molecular flexibility index (Phi) is 9.54. The number of anilines is 1. The quantitative estimate of drug-likeness (QED) is 0.186. The Bertz CT molecular complexity index is 1040. The van der Waals surface area contributed by atoms with Crippen LogP contribution in [0.2, 0.25) is 0 Å². The fraction of sp³-hybridized carbons (Fsp3) is 0.682. The molecule has 4 atom stereocenters. The first-order chi connectivity index (χ1) is 18.0. The van der Waals surface area contributed by atoms with Gasteiger partial charge >= 0.3 is 0 Å². The minimum Gasteiger partial charge on any atom is -0.387 e. The van der Waals surface area contributed by atoms with Gasteiger partial charge in [0, 0.05) is 65.3 Å². The van der Waals surface area contributed by atoms with Gasteiger partial charge in [-0.25, -0.2) is 15.0 Å². The van der Waals surface area contributed by atoms with Crippen LogP contribution < -0.4 is 27.0 Å². The number of nitrogens with one attached hydrogen (secondary N) is 4. The molecule has 0 aliphatic carbocycles. The van der Waals surface area contributed by atoms with Crippen LogP contribution in [0, 0.1) is 0 Å². The third kappa shape index (κ3) is 6.68. The second-order valence-corrected chi connectivity index (χ2v) is 9.04. The van der Waals surface area contributed by atoms with Crippen molar-refractivity contribution in [3.05, 3.63) is 12.7 Å². The summed E-state index contributed by atoms with van der Waals surface area (Å²) < 4.78 is 7.10. The van der Waals surface area contributed by atoms with E-state index in [1.165, 1.54) is 17.2 Å². The number of hydrogen-bond acceptors (Lipinski definition) is 12. The molecule has 15 nitrogen and oxygen atoms in total. The second kappa shape index (κ2) is 13.0. The van der Waals surface area contributed by atoms with E-state index in [-0.39, 0.29) is 24.7 Å². The fourth-order valence-electron chi connectivity index (χ4n) is 4.39. The molecule has 2 aromatic heterocycles. The van der Waals surface area contributed by atoms with Gasteiger partial charge in [0.05, 0.1) is 6.33 Å². The lowest BCUT2D eigenvalue weighted by Crippen LogP contribution is -2.44.